The predicted octanol–water partition coefficient (Wildman–Crippen LogP) is 4.92. The molecule has 3 aromatic rings. The molecule has 0 bridgehead atoms. The first kappa shape index (κ1) is 18.4. The average Bonchev–Trinajstić information content (AvgIpc) is 3.00. The Morgan fingerprint density at radius 3 is 2.00 bits per heavy atom. The molecular weight excluding hydrogens is 465 g/mol. The third-order valence-electron chi connectivity index (χ3n) is 4.71. The molecule has 1 aliphatic rings. The summed E-state index contributed by atoms with van der Waals surface area (Å²) in [5, 5.41) is 10.9. The Balaban J connectivity index is 1.94. The zero-order valence-electron chi connectivity index (χ0n) is 14.7. The lowest BCUT2D eigenvalue weighted by atomic mass is 9.95. The number of carbonyl (C=O) groups is 2. The van der Waals surface area contributed by atoms with Crippen LogP contribution in [0.15, 0.2) is 90.5 Å². The van der Waals surface area contributed by atoms with E-state index in [1.54, 1.807) is 24.3 Å². The summed E-state index contributed by atoms with van der Waals surface area (Å²) in [6.07, 6.45) is 0. The maximum atomic E-state index is 12.9. The number of Topliss-reactive ketones (excluding diaryl/α,β-unsaturated/α-hetero) is 1. The molecule has 28 heavy (non-hydrogen) atoms. The molecule has 138 valence electrons. The molecule has 1 atom stereocenters. The highest BCUT2D eigenvalue weighted by atomic mass is 127. The number of rotatable bonds is 3. The van der Waals surface area contributed by atoms with Crippen LogP contribution in [0.4, 0.5) is 5.69 Å². The number of halogens is 1. The fraction of sp³-hybridized carbons (Fsp3) is 0.0435. The largest absolute Gasteiger partial charge is 0.507 e. The minimum atomic E-state index is -0.693. The lowest BCUT2D eigenvalue weighted by molar-refractivity contribution is -0.132. The zero-order chi connectivity index (χ0) is 19.7. The summed E-state index contributed by atoms with van der Waals surface area (Å²) in [5.41, 5.74) is 1.98. The van der Waals surface area contributed by atoms with E-state index in [1.165, 1.54) is 4.90 Å². The van der Waals surface area contributed by atoms with Crippen LogP contribution in [0.3, 0.4) is 0 Å². The molecule has 5 heteroatoms. The van der Waals surface area contributed by atoms with Gasteiger partial charge in [-0.05, 0) is 52.4 Å². The molecule has 0 saturated carbocycles. The smallest absolute Gasteiger partial charge is 0.300 e. The number of nitrogens with zero attached hydrogens (tertiary/aromatic N) is 1. The van der Waals surface area contributed by atoms with Gasteiger partial charge in [0.25, 0.3) is 11.7 Å². The van der Waals surface area contributed by atoms with E-state index in [2.05, 4.69) is 22.6 Å². The Morgan fingerprint density at radius 2 is 1.39 bits per heavy atom. The van der Waals surface area contributed by atoms with Gasteiger partial charge >= 0.3 is 0 Å². The van der Waals surface area contributed by atoms with Crippen LogP contribution in [0.2, 0.25) is 0 Å². The Bertz CT molecular complexity index is 1060. The van der Waals surface area contributed by atoms with Crippen molar-refractivity contribution in [1.82, 2.24) is 0 Å². The number of amides is 1. The van der Waals surface area contributed by atoms with E-state index in [1.807, 2.05) is 60.7 Å². The van der Waals surface area contributed by atoms with Crippen molar-refractivity contribution in [3.8, 4) is 0 Å². The number of hydrogen-bond acceptors (Lipinski definition) is 3. The standard InChI is InChI=1S/C23H16INO3/c24-17-11-13-18(14-12-17)25-20(15-7-3-1-4-8-15)19(22(27)23(25)28)21(26)16-9-5-2-6-10-16/h1-14,20,26H/b21-19-. The van der Waals surface area contributed by atoms with Crippen molar-refractivity contribution in [2.45, 2.75) is 6.04 Å². The number of hydrogen-bond donors (Lipinski definition) is 1. The topological polar surface area (TPSA) is 57.6 Å². The van der Waals surface area contributed by atoms with E-state index in [-0.39, 0.29) is 11.3 Å². The Hall–Kier alpha value is -2.93. The van der Waals surface area contributed by atoms with Crippen molar-refractivity contribution < 1.29 is 14.7 Å². The molecule has 0 aromatic heterocycles. The molecule has 4 nitrogen and oxygen atoms in total. The summed E-state index contributed by atoms with van der Waals surface area (Å²) >= 11 is 2.19. The number of aliphatic hydroxyl groups is 1. The van der Waals surface area contributed by atoms with Crippen molar-refractivity contribution in [1.29, 1.82) is 0 Å². The highest BCUT2D eigenvalue weighted by molar-refractivity contribution is 14.1. The van der Waals surface area contributed by atoms with Crippen molar-refractivity contribution in [2.24, 2.45) is 0 Å². The first-order chi connectivity index (χ1) is 13.6. The van der Waals surface area contributed by atoms with Gasteiger partial charge in [-0.3, -0.25) is 14.5 Å². The van der Waals surface area contributed by atoms with E-state index < -0.39 is 17.7 Å². The van der Waals surface area contributed by atoms with Crippen LogP contribution in [0.1, 0.15) is 17.2 Å². The fourth-order valence-corrected chi connectivity index (χ4v) is 3.76. The Labute approximate surface area is 176 Å². The van der Waals surface area contributed by atoms with E-state index in [0.29, 0.717) is 11.3 Å². The molecule has 1 heterocycles. The summed E-state index contributed by atoms with van der Waals surface area (Å²) in [6.45, 7) is 0. The SMILES string of the molecule is O=C1C(=O)N(c2ccc(I)cc2)C(c2ccccc2)/C1=C(/O)c1ccccc1. The summed E-state index contributed by atoms with van der Waals surface area (Å²) < 4.78 is 1.03. The van der Waals surface area contributed by atoms with Crippen LogP contribution in [-0.4, -0.2) is 16.8 Å². The number of ketones is 1. The monoisotopic (exact) mass is 481 g/mol. The van der Waals surface area contributed by atoms with Crippen LogP contribution in [0.5, 0.6) is 0 Å². The lowest BCUT2D eigenvalue weighted by Gasteiger charge is -2.25. The number of anilines is 1. The highest BCUT2D eigenvalue weighted by Crippen LogP contribution is 2.42. The molecule has 1 N–H and O–H groups in total. The molecule has 1 fully saturated rings. The highest BCUT2D eigenvalue weighted by Gasteiger charge is 2.46. The minimum Gasteiger partial charge on any atom is -0.507 e. The molecule has 1 aliphatic heterocycles. The third kappa shape index (κ3) is 3.22. The van der Waals surface area contributed by atoms with Gasteiger partial charge in [-0.2, -0.15) is 0 Å². The van der Waals surface area contributed by atoms with Crippen LogP contribution >= 0.6 is 22.6 Å². The summed E-state index contributed by atoms with van der Waals surface area (Å²) in [7, 11) is 0. The van der Waals surface area contributed by atoms with Gasteiger partial charge in [-0.15, -0.1) is 0 Å². The second-order valence-corrected chi connectivity index (χ2v) is 7.67. The zero-order valence-corrected chi connectivity index (χ0v) is 16.9. The lowest BCUT2D eigenvalue weighted by Crippen LogP contribution is -2.29. The first-order valence-corrected chi connectivity index (χ1v) is 9.83. The van der Waals surface area contributed by atoms with Crippen molar-refractivity contribution in [3.63, 3.8) is 0 Å². The average molecular weight is 481 g/mol. The molecule has 1 unspecified atom stereocenters. The van der Waals surface area contributed by atoms with Crippen LogP contribution in [-0.2, 0) is 9.59 Å². The van der Waals surface area contributed by atoms with E-state index >= 15 is 0 Å². The molecule has 3 aromatic carbocycles. The van der Waals surface area contributed by atoms with Crippen molar-refractivity contribution in [2.75, 3.05) is 4.90 Å². The molecule has 1 amide bonds. The third-order valence-corrected chi connectivity index (χ3v) is 5.43. The van der Waals surface area contributed by atoms with Gasteiger partial charge in [-0.25, -0.2) is 0 Å². The van der Waals surface area contributed by atoms with Gasteiger partial charge in [0.1, 0.15) is 5.76 Å². The molecule has 0 spiro atoms. The summed E-state index contributed by atoms with van der Waals surface area (Å²) in [5.74, 6) is -1.50. The fourth-order valence-electron chi connectivity index (χ4n) is 3.40. The summed E-state index contributed by atoms with van der Waals surface area (Å²) in [6, 6.07) is 24.8. The molecule has 1 saturated heterocycles. The molecular formula is C23H16INO3. The van der Waals surface area contributed by atoms with Gasteiger partial charge in [0.2, 0.25) is 0 Å². The van der Waals surface area contributed by atoms with Gasteiger partial charge in [-0.1, -0.05) is 60.7 Å². The number of aliphatic hydroxyl groups excluding tert-OH is 1. The molecule has 0 aliphatic carbocycles. The van der Waals surface area contributed by atoms with Gasteiger partial charge < -0.3 is 5.11 Å². The maximum Gasteiger partial charge on any atom is 0.300 e. The number of benzene rings is 3. The van der Waals surface area contributed by atoms with Crippen molar-refractivity contribution in [3.05, 3.63) is 105 Å². The predicted molar refractivity (Wildman–Crippen MR) is 117 cm³/mol. The second kappa shape index (κ2) is 7.59. The summed E-state index contributed by atoms with van der Waals surface area (Å²) in [4.78, 5) is 27.4. The first-order valence-electron chi connectivity index (χ1n) is 8.75. The maximum absolute atomic E-state index is 12.9. The van der Waals surface area contributed by atoms with Gasteiger partial charge in [0.05, 0.1) is 11.6 Å². The van der Waals surface area contributed by atoms with E-state index in [4.69, 9.17) is 0 Å². The second-order valence-electron chi connectivity index (χ2n) is 6.42. The van der Waals surface area contributed by atoms with Gasteiger partial charge in [0.15, 0.2) is 0 Å². The normalized spacial score (nSPS) is 18.5. The van der Waals surface area contributed by atoms with Crippen LogP contribution in [0, 0.1) is 3.57 Å². The van der Waals surface area contributed by atoms with Crippen molar-refractivity contribution >= 4 is 45.7 Å². The minimum absolute atomic E-state index is 0.0981. The quantitative estimate of drug-likeness (QED) is 0.250. The van der Waals surface area contributed by atoms with Crippen LogP contribution in [0.25, 0.3) is 5.76 Å². The molecule has 4 rings (SSSR count). The Morgan fingerprint density at radius 1 is 0.821 bits per heavy atom. The Kier molecular flexibility index (Phi) is 5.00. The molecule has 0 radical (unpaired) electrons. The van der Waals surface area contributed by atoms with E-state index in [0.717, 1.165) is 9.13 Å². The van der Waals surface area contributed by atoms with E-state index in [9.17, 15) is 14.7 Å². The van der Waals surface area contributed by atoms with Gasteiger partial charge in [0, 0.05) is 14.8 Å². The van der Waals surface area contributed by atoms with Crippen LogP contribution < -0.4 is 4.90 Å². The number of carbonyl (C=O) groups excluding carboxylic acids is 2.